The number of nitrogens with zero attached hydrogens (tertiary/aromatic N) is 3. The van der Waals surface area contributed by atoms with Crippen LogP contribution in [0.15, 0.2) is 59.1 Å². The van der Waals surface area contributed by atoms with Crippen LogP contribution in [0.1, 0.15) is 33.2 Å². The number of ketones is 1. The number of carbonyl (C=O) groups is 2. The highest BCUT2D eigenvalue weighted by atomic mass is 16.5. The van der Waals surface area contributed by atoms with Crippen LogP contribution >= 0.6 is 0 Å². The molecule has 182 valence electrons. The van der Waals surface area contributed by atoms with Crippen molar-refractivity contribution in [2.45, 2.75) is 6.92 Å². The molecule has 6 rings (SSSR count). The second-order valence-electron chi connectivity index (χ2n) is 9.04. The van der Waals surface area contributed by atoms with E-state index in [4.69, 9.17) is 9.26 Å². The third kappa shape index (κ3) is 3.53. The molecule has 0 bridgehead atoms. The van der Waals surface area contributed by atoms with Gasteiger partial charge in [0.2, 0.25) is 0 Å². The number of ether oxygens (including phenoxy) is 1. The van der Waals surface area contributed by atoms with Crippen LogP contribution in [0.2, 0.25) is 0 Å². The first-order chi connectivity index (χ1) is 17.6. The Bertz CT molecular complexity index is 1480. The highest BCUT2D eigenvalue weighted by Crippen LogP contribution is 2.46. The lowest BCUT2D eigenvalue weighted by molar-refractivity contribution is 0.0600. The monoisotopic (exact) mass is 482 g/mol. The van der Waals surface area contributed by atoms with Gasteiger partial charge in [-0.25, -0.2) is 4.79 Å². The fraction of sp³-hybridized carbons (Fsp3) is 0.250. The molecule has 8 heteroatoms. The number of fused-ring (bicyclic) bond motifs is 2. The van der Waals surface area contributed by atoms with Gasteiger partial charge in [-0.1, -0.05) is 36.3 Å². The molecule has 4 aromatic rings. The zero-order valence-corrected chi connectivity index (χ0v) is 20.2. The van der Waals surface area contributed by atoms with Gasteiger partial charge in [0.05, 0.1) is 35.0 Å². The van der Waals surface area contributed by atoms with E-state index in [2.05, 4.69) is 27.2 Å². The molecule has 2 heterocycles. The van der Waals surface area contributed by atoms with Gasteiger partial charge in [-0.3, -0.25) is 4.79 Å². The van der Waals surface area contributed by atoms with Crippen LogP contribution in [-0.2, 0) is 4.74 Å². The van der Waals surface area contributed by atoms with Crippen molar-refractivity contribution in [3.05, 3.63) is 71.3 Å². The molecule has 2 aliphatic rings. The Hall–Kier alpha value is -4.17. The highest BCUT2D eigenvalue weighted by Gasteiger charge is 2.34. The molecule has 1 N–H and O–H groups in total. The van der Waals surface area contributed by atoms with Crippen molar-refractivity contribution < 1.29 is 18.8 Å². The molecule has 1 fully saturated rings. The van der Waals surface area contributed by atoms with Gasteiger partial charge in [-0.2, -0.15) is 0 Å². The smallest absolute Gasteiger partial charge is 0.337 e. The van der Waals surface area contributed by atoms with E-state index in [9.17, 15) is 9.59 Å². The van der Waals surface area contributed by atoms with Gasteiger partial charge >= 0.3 is 5.97 Å². The molecule has 1 saturated heterocycles. The molecule has 1 aliphatic carbocycles. The van der Waals surface area contributed by atoms with Crippen molar-refractivity contribution in [1.29, 1.82) is 0 Å². The quantitative estimate of drug-likeness (QED) is 0.361. The van der Waals surface area contributed by atoms with Gasteiger partial charge in [-0.05, 0) is 36.9 Å². The molecule has 3 aromatic carbocycles. The number of hydrogen-bond donors (Lipinski definition) is 1. The molecule has 36 heavy (non-hydrogen) atoms. The predicted molar refractivity (Wildman–Crippen MR) is 138 cm³/mol. The predicted octanol–water partition coefficient (Wildman–Crippen LogP) is 4.71. The summed E-state index contributed by atoms with van der Waals surface area (Å²) in [6.45, 7) is 6.85. The van der Waals surface area contributed by atoms with Crippen LogP contribution < -0.4 is 10.2 Å². The summed E-state index contributed by atoms with van der Waals surface area (Å²) in [4.78, 5) is 30.4. The Morgan fingerprint density at radius 2 is 1.78 bits per heavy atom. The molecule has 8 nitrogen and oxygen atoms in total. The Morgan fingerprint density at radius 3 is 2.47 bits per heavy atom. The van der Waals surface area contributed by atoms with Gasteiger partial charge in [0.25, 0.3) is 0 Å². The number of esters is 1. The van der Waals surface area contributed by atoms with E-state index in [1.165, 1.54) is 7.11 Å². The number of rotatable bonds is 5. The van der Waals surface area contributed by atoms with E-state index >= 15 is 0 Å². The number of piperazine rings is 1. The van der Waals surface area contributed by atoms with Gasteiger partial charge in [0.1, 0.15) is 5.52 Å². The van der Waals surface area contributed by atoms with E-state index in [1.54, 1.807) is 24.3 Å². The second kappa shape index (κ2) is 8.80. The van der Waals surface area contributed by atoms with Crippen LogP contribution in [0.4, 0.5) is 17.1 Å². The average molecular weight is 483 g/mol. The third-order valence-corrected chi connectivity index (χ3v) is 7.12. The summed E-state index contributed by atoms with van der Waals surface area (Å²) in [6.07, 6.45) is 0. The number of aromatic nitrogens is 1. The molecular formula is C28H26N4O4. The summed E-state index contributed by atoms with van der Waals surface area (Å²) >= 11 is 0. The molecule has 0 atom stereocenters. The zero-order valence-electron chi connectivity index (χ0n) is 20.2. The first-order valence-electron chi connectivity index (χ1n) is 12.1. The van der Waals surface area contributed by atoms with E-state index in [-0.39, 0.29) is 5.78 Å². The lowest BCUT2D eigenvalue weighted by Crippen LogP contribution is -2.46. The molecule has 0 radical (unpaired) electrons. The summed E-state index contributed by atoms with van der Waals surface area (Å²) in [7, 11) is 1.36. The van der Waals surface area contributed by atoms with Crippen molar-refractivity contribution >= 4 is 39.7 Å². The molecule has 0 saturated carbocycles. The maximum Gasteiger partial charge on any atom is 0.337 e. The summed E-state index contributed by atoms with van der Waals surface area (Å²) < 4.78 is 10.7. The maximum atomic E-state index is 13.8. The van der Waals surface area contributed by atoms with Crippen molar-refractivity contribution in [3.63, 3.8) is 0 Å². The van der Waals surface area contributed by atoms with Crippen LogP contribution in [0.3, 0.4) is 0 Å². The number of methoxy groups -OCH3 is 1. The van der Waals surface area contributed by atoms with Crippen LogP contribution in [0.5, 0.6) is 0 Å². The van der Waals surface area contributed by atoms with E-state index in [0.29, 0.717) is 33.7 Å². The number of carbonyl (C=O) groups excluding carboxylic acids is 2. The number of anilines is 3. The standard InChI is InChI=1S/C28H26N4O4/c1-3-31-12-14-32(15-13-31)22-16-21(29-18-10-8-17(9-11-18)28(34)35-2)23-24-25(22)30-36-27(24)20-7-5-4-6-19(20)26(23)33/h4-11,16,29H,3,12-15H2,1-2H3. The third-order valence-electron chi connectivity index (χ3n) is 7.12. The van der Waals surface area contributed by atoms with E-state index < -0.39 is 5.97 Å². The summed E-state index contributed by atoms with van der Waals surface area (Å²) in [5.74, 6) is 0.156. The van der Waals surface area contributed by atoms with Gasteiger partial charge in [0, 0.05) is 43.0 Å². The largest absolute Gasteiger partial charge is 0.465 e. The molecule has 0 spiro atoms. The molecule has 1 aliphatic heterocycles. The van der Waals surface area contributed by atoms with E-state index in [0.717, 1.165) is 55.0 Å². The number of hydrogen-bond acceptors (Lipinski definition) is 8. The fourth-order valence-electron chi connectivity index (χ4n) is 5.15. The summed E-state index contributed by atoms with van der Waals surface area (Å²) in [6, 6.07) is 16.5. The van der Waals surface area contributed by atoms with Gasteiger partial charge in [0.15, 0.2) is 11.5 Å². The summed E-state index contributed by atoms with van der Waals surface area (Å²) in [5.41, 5.74) is 5.46. The second-order valence-corrected chi connectivity index (χ2v) is 9.04. The SMILES string of the molecule is CCN1CCN(c2cc(Nc3ccc(C(=O)OC)cc3)c3c4c(onc24)-c2ccccc2C3=O)CC1. The zero-order chi connectivity index (χ0) is 24.8. The summed E-state index contributed by atoms with van der Waals surface area (Å²) in [5, 5.41) is 8.64. The van der Waals surface area contributed by atoms with Crippen LogP contribution in [0.25, 0.3) is 22.2 Å². The lowest BCUT2D eigenvalue weighted by atomic mass is 9.86. The Balaban J connectivity index is 1.50. The minimum Gasteiger partial charge on any atom is -0.465 e. The maximum absolute atomic E-state index is 13.8. The first-order valence-corrected chi connectivity index (χ1v) is 12.1. The lowest BCUT2D eigenvalue weighted by Gasteiger charge is -2.36. The molecule has 0 unspecified atom stereocenters. The molecule has 1 aromatic heterocycles. The van der Waals surface area contributed by atoms with Crippen molar-refractivity contribution in [1.82, 2.24) is 10.1 Å². The van der Waals surface area contributed by atoms with Crippen molar-refractivity contribution in [2.75, 3.05) is 50.1 Å². The fourth-order valence-corrected chi connectivity index (χ4v) is 5.15. The van der Waals surface area contributed by atoms with Gasteiger partial charge < -0.3 is 24.4 Å². The highest BCUT2D eigenvalue weighted by molar-refractivity contribution is 6.28. The molecular weight excluding hydrogens is 456 g/mol. The minimum atomic E-state index is -0.396. The Kier molecular flexibility index (Phi) is 5.45. The van der Waals surface area contributed by atoms with Crippen LogP contribution in [0, 0.1) is 0 Å². The topological polar surface area (TPSA) is 87.9 Å². The van der Waals surface area contributed by atoms with Crippen LogP contribution in [-0.4, -0.2) is 61.6 Å². The number of nitrogens with one attached hydrogen (secondary N) is 1. The Morgan fingerprint density at radius 1 is 1.06 bits per heavy atom. The number of benzene rings is 3. The number of likely N-dealkylation sites (N-methyl/N-ethyl adjacent to an activating group) is 1. The normalized spacial score (nSPS) is 15.2. The first kappa shape index (κ1) is 22.3. The van der Waals surface area contributed by atoms with Crippen molar-refractivity contribution in [2.24, 2.45) is 0 Å². The van der Waals surface area contributed by atoms with Gasteiger partial charge in [-0.15, -0.1) is 0 Å². The van der Waals surface area contributed by atoms with Crippen molar-refractivity contribution in [3.8, 4) is 11.3 Å². The minimum absolute atomic E-state index is 0.0673. The molecule has 0 amide bonds. The Labute approximate surface area is 208 Å². The average Bonchev–Trinajstić information content (AvgIpc) is 3.37. The van der Waals surface area contributed by atoms with E-state index in [1.807, 2.05) is 30.3 Å².